The van der Waals surface area contributed by atoms with Crippen LogP contribution >= 0.6 is 11.3 Å². The van der Waals surface area contributed by atoms with E-state index in [1.165, 1.54) is 11.3 Å². The lowest BCUT2D eigenvalue weighted by Crippen LogP contribution is -2.12. The molecule has 24 heavy (non-hydrogen) atoms. The molecule has 3 aromatic rings. The highest BCUT2D eigenvalue weighted by molar-refractivity contribution is 7.13. The van der Waals surface area contributed by atoms with Gasteiger partial charge in [-0.3, -0.25) is 9.36 Å². The standard InChI is InChI=1S/C16H17N5O2S/c1-4-14-19-10(2)15(24-14)16(22)20-12-7-11(5-6-13(12)23-3)21-8-17-18-9-21/h5-9H,4H2,1-3H3,(H,20,22). The molecule has 8 heteroatoms. The maximum atomic E-state index is 12.6. The molecule has 0 atom stereocenters. The van der Waals surface area contributed by atoms with E-state index in [9.17, 15) is 4.79 Å². The van der Waals surface area contributed by atoms with Crippen molar-refractivity contribution in [2.24, 2.45) is 0 Å². The number of nitrogens with one attached hydrogen (secondary N) is 1. The normalized spacial score (nSPS) is 10.6. The molecule has 0 aliphatic carbocycles. The van der Waals surface area contributed by atoms with Crippen LogP contribution in [0, 0.1) is 6.92 Å². The van der Waals surface area contributed by atoms with Crippen molar-refractivity contribution < 1.29 is 9.53 Å². The van der Waals surface area contributed by atoms with Crippen LogP contribution in [0.2, 0.25) is 0 Å². The van der Waals surface area contributed by atoms with E-state index in [1.807, 2.05) is 26.0 Å². The first kappa shape index (κ1) is 16.1. The molecule has 7 nitrogen and oxygen atoms in total. The van der Waals surface area contributed by atoms with Crippen LogP contribution in [0.4, 0.5) is 5.69 Å². The van der Waals surface area contributed by atoms with Crippen LogP contribution in [0.3, 0.4) is 0 Å². The number of aromatic nitrogens is 4. The number of anilines is 1. The third-order valence-corrected chi connectivity index (χ3v) is 4.80. The molecule has 0 unspecified atom stereocenters. The first-order valence-corrected chi connectivity index (χ1v) is 8.24. The van der Waals surface area contributed by atoms with Crippen molar-refractivity contribution in [3.05, 3.63) is 46.4 Å². The zero-order valence-electron chi connectivity index (χ0n) is 13.6. The maximum Gasteiger partial charge on any atom is 0.267 e. The summed E-state index contributed by atoms with van der Waals surface area (Å²) in [6.45, 7) is 3.86. The molecule has 2 aromatic heterocycles. The first-order chi connectivity index (χ1) is 11.6. The number of amides is 1. The van der Waals surface area contributed by atoms with Gasteiger partial charge in [0.1, 0.15) is 23.3 Å². The Morgan fingerprint density at radius 2 is 2.08 bits per heavy atom. The summed E-state index contributed by atoms with van der Waals surface area (Å²) in [6.07, 6.45) is 3.99. The molecular formula is C16H17N5O2S. The number of methoxy groups -OCH3 is 1. The summed E-state index contributed by atoms with van der Waals surface area (Å²) in [4.78, 5) is 17.6. The number of aryl methyl sites for hydroxylation is 2. The molecule has 3 rings (SSSR count). The third kappa shape index (κ3) is 3.13. The smallest absolute Gasteiger partial charge is 0.267 e. The van der Waals surface area contributed by atoms with Gasteiger partial charge in [0.15, 0.2) is 0 Å². The average molecular weight is 343 g/mol. The van der Waals surface area contributed by atoms with Gasteiger partial charge in [0.05, 0.1) is 29.2 Å². The number of ether oxygens (including phenoxy) is 1. The van der Waals surface area contributed by atoms with E-state index < -0.39 is 0 Å². The predicted octanol–water partition coefficient (Wildman–Crippen LogP) is 2.86. The van der Waals surface area contributed by atoms with Gasteiger partial charge in [0.25, 0.3) is 5.91 Å². The zero-order chi connectivity index (χ0) is 17.1. The van der Waals surface area contributed by atoms with Gasteiger partial charge in [-0.05, 0) is 31.5 Å². The zero-order valence-corrected chi connectivity index (χ0v) is 14.4. The lowest BCUT2D eigenvalue weighted by atomic mass is 10.2. The maximum absolute atomic E-state index is 12.6. The second-order valence-corrected chi connectivity index (χ2v) is 6.17. The van der Waals surface area contributed by atoms with Gasteiger partial charge in [-0.25, -0.2) is 4.98 Å². The fraction of sp³-hybridized carbons (Fsp3) is 0.250. The quantitative estimate of drug-likeness (QED) is 0.770. The molecule has 0 spiro atoms. The summed E-state index contributed by atoms with van der Waals surface area (Å²) in [7, 11) is 1.57. The Morgan fingerprint density at radius 3 is 2.71 bits per heavy atom. The number of thiazole rings is 1. The largest absolute Gasteiger partial charge is 0.495 e. The molecule has 124 valence electrons. The average Bonchev–Trinajstić information content (AvgIpc) is 3.24. The number of rotatable bonds is 5. The highest BCUT2D eigenvalue weighted by Crippen LogP contribution is 2.28. The second kappa shape index (κ2) is 6.79. The topological polar surface area (TPSA) is 81.9 Å². The lowest BCUT2D eigenvalue weighted by molar-refractivity contribution is 0.102. The van der Waals surface area contributed by atoms with E-state index >= 15 is 0 Å². The third-order valence-electron chi connectivity index (χ3n) is 3.50. The Bertz CT molecular complexity index is 857. The summed E-state index contributed by atoms with van der Waals surface area (Å²) in [5, 5.41) is 11.4. The minimum atomic E-state index is -0.191. The SMILES string of the molecule is CCc1nc(C)c(C(=O)Nc2cc(-n3cnnc3)ccc2OC)s1. The van der Waals surface area contributed by atoms with Gasteiger partial charge in [0, 0.05) is 0 Å². The van der Waals surface area contributed by atoms with Crippen LogP contribution < -0.4 is 10.1 Å². The van der Waals surface area contributed by atoms with Gasteiger partial charge >= 0.3 is 0 Å². The van der Waals surface area contributed by atoms with E-state index in [-0.39, 0.29) is 5.91 Å². The van der Waals surface area contributed by atoms with Crippen molar-refractivity contribution >= 4 is 22.9 Å². The Labute approximate surface area is 143 Å². The number of hydrogen-bond donors (Lipinski definition) is 1. The van der Waals surface area contributed by atoms with Crippen LogP contribution in [0.15, 0.2) is 30.9 Å². The van der Waals surface area contributed by atoms with E-state index in [2.05, 4.69) is 20.5 Å². The van der Waals surface area contributed by atoms with Crippen LogP contribution in [-0.4, -0.2) is 32.8 Å². The number of hydrogen-bond acceptors (Lipinski definition) is 6. The van der Waals surface area contributed by atoms with Crippen molar-refractivity contribution in [3.8, 4) is 11.4 Å². The van der Waals surface area contributed by atoms with Crippen LogP contribution in [0.1, 0.15) is 27.3 Å². The minimum absolute atomic E-state index is 0.191. The number of benzene rings is 1. The van der Waals surface area contributed by atoms with Crippen LogP contribution in [0.25, 0.3) is 5.69 Å². The fourth-order valence-corrected chi connectivity index (χ4v) is 3.18. The lowest BCUT2D eigenvalue weighted by Gasteiger charge is -2.12. The molecule has 2 heterocycles. The molecule has 0 fully saturated rings. The Hall–Kier alpha value is -2.74. The summed E-state index contributed by atoms with van der Waals surface area (Å²) < 4.78 is 7.10. The van der Waals surface area contributed by atoms with Gasteiger partial charge < -0.3 is 10.1 Å². The molecular weight excluding hydrogens is 326 g/mol. The van der Waals surface area contributed by atoms with Crippen molar-refractivity contribution in [2.75, 3.05) is 12.4 Å². The van der Waals surface area contributed by atoms with Gasteiger partial charge in [-0.1, -0.05) is 6.92 Å². The van der Waals surface area contributed by atoms with E-state index in [1.54, 1.807) is 30.4 Å². The summed E-state index contributed by atoms with van der Waals surface area (Å²) in [5.74, 6) is 0.391. The minimum Gasteiger partial charge on any atom is -0.495 e. The number of carbonyl (C=O) groups excluding carboxylic acids is 1. The van der Waals surface area contributed by atoms with Gasteiger partial charge in [-0.2, -0.15) is 0 Å². The molecule has 0 bridgehead atoms. The second-order valence-electron chi connectivity index (χ2n) is 5.08. The van der Waals surface area contributed by atoms with Crippen molar-refractivity contribution in [2.45, 2.75) is 20.3 Å². The fourth-order valence-electron chi connectivity index (χ4n) is 2.28. The summed E-state index contributed by atoms with van der Waals surface area (Å²) >= 11 is 1.41. The molecule has 0 saturated carbocycles. The molecule has 0 aliphatic rings. The van der Waals surface area contributed by atoms with E-state index in [0.29, 0.717) is 16.3 Å². The monoisotopic (exact) mass is 343 g/mol. The van der Waals surface area contributed by atoms with Gasteiger partial charge in [0.2, 0.25) is 0 Å². The number of carbonyl (C=O) groups is 1. The molecule has 0 aliphatic heterocycles. The molecule has 1 aromatic carbocycles. The highest BCUT2D eigenvalue weighted by atomic mass is 32.1. The molecule has 1 N–H and O–H groups in total. The summed E-state index contributed by atoms with van der Waals surface area (Å²) in [6, 6.07) is 5.48. The van der Waals surface area contributed by atoms with Crippen LogP contribution in [0.5, 0.6) is 5.75 Å². The van der Waals surface area contributed by atoms with Crippen molar-refractivity contribution in [3.63, 3.8) is 0 Å². The molecule has 0 radical (unpaired) electrons. The molecule has 1 amide bonds. The van der Waals surface area contributed by atoms with Crippen molar-refractivity contribution in [1.82, 2.24) is 19.7 Å². The van der Waals surface area contributed by atoms with E-state index in [0.717, 1.165) is 22.8 Å². The Balaban J connectivity index is 1.91. The predicted molar refractivity (Wildman–Crippen MR) is 92.1 cm³/mol. The van der Waals surface area contributed by atoms with E-state index in [4.69, 9.17) is 4.74 Å². The van der Waals surface area contributed by atoms with Crippen molar-refractivity contribution in [1.29, 1.82) is 0 Å². The van der Waals surface area contributed by atoms with Crippen LogP contribution in [-0.2, 0) is 6.42 Å². The Kier molecular flexibility index (Phi) is 4.57. The highest BCUT2D eigenvalue weighted by Gasteiger charge is 2.17. The summed E-state index contributed by atoms with van der Waals surface area (Å²) in [5.41, 5.74) is 2.15. The van der Waals surface area contributed by atoms with Gasteiger partial charge in [-0.15, -0.1) is 21.5 Å². The number of nitrogens with zero attached hydrogens (tertiary/aromatic N) is 4. The Morgan fingerprint density at radius 1 is 1.33 bits per heavy atom. The first-order valence-electron chi connectivity index (χ1n) is 7.43. The molecule has 0 saturated heterocycles.